The van der Waals surface area contributed by atoms with Gasteiger partial charge in [-0.25, -0.2) is 17.2 Å². The monoisotopic (exact) mass is 479 g/mol. The molecular weight excluding hydrogens is 460 g/mol. The number of sulfone groups is 1. The fourth-order valence-electron chi connectivity index (χ4n) is 3.41. The summed E-state index contributed by atoms with van der Waals surface area (Å²) in [6, 6.07) is 2.63. The number of hydrogen-bond donors (Lipinski definition) is 2. The van der Waals surface area contributed by atoms with E-state index in [4.69, 9.17) is 12.2 Å². The number of rotatable bonds is 7. The quantitative estimate of drug-likeness (QED) is 0.363. The van der Waals surface area contributed by atoms with Crippen LogP contribution in [0.4, 0.5) is 8.78 Å². The van der Waals surface area contributed by atoms with Crippen LogP contribution in [0.25, 0.3) is 0 Å². The molecule has 27 heavy (non-hydrogen) atoms. The van der Waals surface area contributed by atoms with Crippen LogP contribution in [-0.4, -0.2) is 43.1 Å². The number of H-pyrrole nitrogens is 1. The van der Waals surface area contributed by atoms with Crippen LogP contribution in [0.2, 0.25) is 0 Å². The van der Waals surface area contributed by atoms with Gasteiger partial charge in [0.2, 0.25) is 0 Å². The molecule has 0 saturated heterocycles. The van der Waals surface area contributed by atoms with Gasteiger partial charge >= 0.3 is 0 Å². The van der Waals surface area contributed by atoms with E-state index in [1.807, 2.05) is 4.57 Å². The van der Waals surface area contributed by atoms with Crippen LogP contribution < -0.4 is 5.32 Å². The maximum absolute atomic E-state index is 14.4. The largest absolute Gasteiger partial charge is 0.334 e. The molecule has 148 valence electrons. The summed E-state index contributed by atoms with van der Waals surface area (Å²) in [6.45, 7) is 1.39. The lowest BCUT2D eigenvalue weighted by atomic mass is 9.95. The summed E-state index contributed by atoms with van der Waals surface area (Å²) in [7, 11) is -2.99. The van der Waals surface area contributed by atoms with Crippen LogP contribution in [-0.2, 0) is 29.2 Å². The summed E-state index contributed by atoms with van der Waals surface area (Å²) in [4.78, 5) is 3.16. The van der Waals surface area contributed by atoms with Gasteiger partial charge in [-0.05, 0) is 46.7 Å². The molecule has 0 spiro atoms. The van der Waals surface area contributed by atoms with Gasteiger partial charge in [0.15, 0.2) is 4.77 Å². The number of nitrogens with one attached hydrogen (secondary N) is 2. The molecule has 3 rings (SSSR count). The molecule has 2 N–H and O–H groups in total. The summed E-state index contributed by atoms with van der Waals surface area (Å²) in [5.41, 5.74) is 1.96. The number of halogens is 3. The Morgan fingerprint density at radius 3 is 2.81 bits per heavy atom. The number of imidazole rings is 1. The highest BCUT2D eigenvalue weighted by molar-refractivity contribution is 9.10. The highest BCUT2D eigenvalue weighted by atomic mass is 79.9. The highest BCUT2D eigenvalue weighted by Gasteiger charge is 2.31. The van der Waals surface area contributed by atoms with Crippen LogP contribution in [0.1, 0.15) is 22.9 Å². The Kier molecular flexibility index (Phi) is 6.19. The van der Waals surface area contributed by atoms with Crippen molar-refractivity contribution in [1.82, 2.24) is 14.9 Å². The molecule has 2 aromatic rings. The molecule has 2 heterocycles. The first kappa shape index (κ1) is 20.6. The first-order valence-corrected chi connectivity index (χ1v) is 11.8. The predicted octanol–water partition coefficient (Wildman–Crippen LogP) is 3.10. The van der Waals surface area contributed by atoms with Crippen molar-refractivity contribution in [3.05, 3.63) is 50.0 Å². The van der Waals surface area contributed by atoms with Crippen molar-refractivity contribution >= 4 is 38.0 Å². The third kappa shape index (κ3) is 4.67. The average Bonchev–Trinajstić information content (AvgIpc) is 3.12. The van der Waals surface area contributed by atoms with Crippen LogP contribution in [0.3, 0.4) is 0 Å². The summed E-state index contributed by atoms with van der Waals surface area (Å²) in [5, 5.41) is 3.09. The van der Waals surface area contributed by atoms with Gasteiger partial charge in [0.05, 0.1) is 10.2 Å². The maximum Gasteiger partial charge on any atom is 0.177 e. The van der Waals surface area contributed by atoms with E-state index in [-0.39, 0.29) is 21.7 Å². The Balaban J connectivity index is 1.71. The van der Waals surface area contributed by atoms with Crippen LogP contribution in [0.5, 0.6) is 0 Å². The van der Waals surface area contributed by atoms with E-state index in [0.717, 1.165) is 11.4 Å². The molecular formula is C17H20BrF2N3O2S2. The molecule has 0 amide bonds. The lowest BCUT2D eigenvalue weighted by molar-refractivity contribution is 0.509. The van der Waals surface area contributed by atoms with E-state index < -0.39 is 21.5 Å². The zero-order valence-corrected chi connectivity index (χ0v) is 17.9. The third-order valence-corrected chi connectivity index (χ3v) is 6.59. The van der Waals surface area contributed by atoms with E-state index in [0.29, 0.717) is 37.2 Å². The van der Waals surface area contributed by atoms with Crippen molar-refractivity contribution in [3.63, 3.8) is 0 Å². The highest BCUT2D eigenvalue weighted by Crippen LogP contribution is 2.36. The number of nitrogens with zero attached hydrogens (tertiary/aromatic N) is 1. The van der Waals surface area contributed by atoms with Gasteiger partial charge in [0.1, 0.15) is 21.5 Å². The smallest absolute Gasteiger partial charge is 0.177 e. The average molecular weight is 480 g/mol. The summed E-state index contributed by atoms with van der Waals surface area (Å²) < 4.78 is 53.6. The third-order valence-electron chi connectivity index (χ3n) is 4.71. The molecule has 1 aliphatic heterocycles. The van der Waals surface area contributed by atoms with Crippen molar-refractivity contribution < 1.29 is 17.2 Å². The number of hydrogen-bond acceptors (Lipinski definition) is 4. The van der Waals surface area contributed by atoms with E-state index in [2.05, 4.69) is 26.2 Å². The first-order chi connectivity index (χ1) is 12.7. The van der Waals surface area contributed by atoms with Gasteiger partial charge < -0.3 is 14.9 Å². The summed E-state index contributed by atoms with van der Waals surface area (Å²) in [6.07, 6.45) is 2.33. The normalized spacial score (nSPS) is 16.7. The Morgan fingerprint density at radius 1 is 1.37 bits per heavy atom. The molecule has 0 saturated carbocycles. The number of fused-ring (bicyclic) bond motifs is 1. The topological polar surface area (TPSA) is 66.9 Å². The second-order valence-corrected chi connectivity index (χ2v) is 10.3. The Morgan fingerprint density at radius 2 is 2.11 bits per heavy atom. The van der Waals surface area contributed by atoms with Gasteiger partial charge in [-0.1, -0.05) is 0 Å². The maximum atomic E-state index is 14.4. The lowest BCUT2D eigenvalue weighted by Crippen LogP contribution is -2.24. The molecule has 1 atom stereocenters. The fourth-order valence-corrected chi connectivity index (χ4v) is 4.58. The first-order valence-electron chi connectivity index (χ1n) is 8.49. The molecule has 0 aliphatic carbocycles. The minimum atomic E-state index is -2.99. The predicted molar refractivity (Wildman–Crippen MR) is 106 cm³/mol. The fraction of sp³-hybridized carbons (Fsp3) is 0.471. The molecule has 1 aliphatic rings. The van der Waals surface area contributed by atoms with Crippen molar-refractivity contribution in [2.24, 2.45) is 0 Å². The van der Waals surface area contributed by atoms with Crippen molar-refractivity contribution in [2.75, 3.05) is 25.1 Å². The van der Waals surface area contributed by atoms with Crippen LogP contribution in [0.15, 0.2) is 16.6 Å². The Labute approximate surface area is 170 Å². The molecule has 0 bridgehead atoms. The minimum absolute atomic E-state index is 0.0831. The van der Waals surface area contributed by atoms with Gasteiger partial charge in [-0.2, -0.15) is 0 Å². The van der Waals surface area contributed by atoms with Gasteiger partial charge in [-0.3, -0.25) is 0 Å². The van der Waals surface area contributed by atoms with E-state index in [1.165, 1.54) is 18.4 Å². The number of aromatic amines is 1. The summed E-state index contributed by atoms with van der Waals surface area (Å²) in [5.74, 6) is -1.35. The van der Waals surface area contributed by atoms with Gasteiger partial charge in [0, 0.05) is 55.2 Å². The second-order valence-electron chi connectivity index (χ2n) is 6.75. The molecule has 0 radical (unpaired) electrons. The Bertz CT molecular complexity index is 1020. The molecule has 1 unspecified atom stereocenters. The summed E-state index contributed by atoms with van der Waals surface area (Å²) >= 11 is 8.47. The van der Waals surface area contributed by atoms with E-state index in [9.17, 15) is 17.2 Å². The molecule has 1 aromatic carbocycles. The van der Waals surface area contributed by atoms with Crippen molar-refractivity contribution in [1.29, 1.82) is 0 Å². The van der Waals surface area contributed by atoms with Crippen molar-refractivity contribution in [3.8, 4) is 0 Å². The van der Waals surface area contributed by atoms with E-state index >= 15 is 0 Å². The zero-order valence-electron chi connectivity index (χ0n) is 14.7. The molecule has 5 nitrogen and oxygen atoms in total. The molecule has 10 heteroatoms. The number of aromatic nitrogens is 2. The second kappa shape index (κ2) is 8.10. The van der Waals surface area contributed by atoms with E-state index in [1.54, 1.807) is 0 Å². The SMILES string of the molecule is CS(=O)(=O)CCNCCc1[nH]c(=S)n2c1CC(c1c(F)ccc(Br)c1F)C2. The standard InChI is InChI=1S/C17H20BrF2N3O2S2/c1-27(24,25)7-6-21-5-4-13-14-8-10(9-23(14)17(26)22-13)15-12(19)3-2-11(18)16(15)20/h2-3,10,21H,4-9H2,1H3,(H,22,26). The van der Waals surface area contributed by atoms with Gasteiger partial charge in [-0.15, -0.1) is 0 Å². The van der Waals surface area contributed by atoms with Crippen LogP contribution >= 0.6 is 28.1 Å². The number of benzene rings is 1. The van der Waals surface area contributed by atoms with Crippen LogP contribution in [0, 0.1) is 16.4 Å². The minimum Gasteiger partial charge on any atom is -0.334 e. The lowest BCUT2D eigenvalue weighted by Gasteiger charge is -2.13. The van der Waals surface area contributed by atoms with Gasteiger partial charge in [0.25, 0.3) is 0 Å². The zero-order chi connectivity index (χ0) is 19.8. The molecule has 1 aromatic heterocycles. The molecule has 0 fully saturated rings. The van der Waals surface area contributed by atoms with Crippen molar-refractivity contribution in [2.45, 2.75) is 25.3 Å². The Hall–Kier alpha value is -1.10.